The molecule has 0 saturated carbocycles. The Bertz CT molecular complexity index is 708. The zero-order valence-electron chi connectivity index (χ0n) is 16.0. The maximum atomic E-state index is 12.5. The molecular weight excluding hydrogens is 366 g/mol. The second-order valence-electron chi connectivity index (χ2n) is 7.00. The molecule has 2 aromatic rings. The molecule has 0 aliphatic heterocycles. The summed E-state index contributed by atoms with van der Waals surface area (Å²) in [4.78, 5) is 12.5. The smallest absolute Gasteiger partial charge is 0.267 e. The summed E-state index contributed by atoms with van der Waals surface area (Å²) in [5.74, 6) is 1.49. The summed E-state index contributed by atoms with van der Waals surface area (Å²) in [6, 6.07) is 7.92. The van der Waals surface area contributed by atoms with Crippen molar-refractivity contribution in [3.8, 4) is 5.75 Å². The molecule has 0 fully saturated rings. The van der Waals surface area contributed by atoms with Crippen molar-refractivity contribution in [1.82, 2.24) is 10.2 Å². The second kappa shape index (κ2) is 9.37. The summed E-state index contributed by atoms with van der Waals surface area (Å²) >= 11 is 3.04. The van der Waals surface area contributed by atoms with E-state index >= 15 is 0 Å². The van der Waals surface area contributed by atoms with Crippen LogP contribution >= 0.6 is 23.1 Å². The first-order valence-corrected chi connectivity index (χ1v) is 10.7. The number of nitrogens with one attached hydrogen (secondary N) is 1. The van der Waals surface area contributed by atoms with Gasteiger partial charge in [-0.15, -0.1) is 10.2 Å². The molecule has 0 aliphatic carbocycles. The number of thioether (sulfide) groups is 1. The van der Waals surface area contributed by atoms with Crippen LogP contribution in [0.25, 0.3) is 0 Å². The molecule has 1 atom stereocenters. The number of amides is 1. The molecule has 1 aromatic carbocycles. The lowest BCUT2D eigenvalue weighted by molar-refractivity contribution is -0.122. The minimum absolute atomic E-state index is 0.0887. The lowest BCUT2D eigenvalue weighted by Gasteiger charge is -2.20. The maximum Gasteiger partial charge on any atom is 0.267 e. The Balaban J connectivity index is 1.96. The third kappa shape index (κ3) is 5.99. The van der Waals surface area contributed by atoms with Crippen LogP contribution in [0.4, 0.5) is 5.13 Å². The predicted octanol–water partition coefficient (Wildman–Crippen LogP) is 5.13. The summed E-state index contributed by atoms with van der Waals surface area (Å²) in [5.41, 5.74) is 1.32. The summed E-state index contributed by atoms with van der Waals surface area (Å²) < 4.78 is 6.75. The van der Waals surface area contributed by atoms with Crippen LogP contribution in [0.3, 0.4) is 0 Å². The van der Waals surface area contributed by atoms with E-state index in [0.29, 0.717) is 17.3 Å². The Labute approximate surface area is 163 Å². The molecule has 0 spiro atoms. The van der Waals surface area contributed by atoms with Crippen molar-refractivity contribution in [3.05, 3.63) is 29.8 Å². The van der Waals surface area contributed by atoms with Gasteiger partial charge >= 0.3 is 0 Å². The molecule has 0 unspecified atom stereocenters. The van der Waals surface area contributed by atoms with Crippen molar-refractivity contribution in [3.63, 3.8) is 0 Å². The monoisotopic (exact) mass is 393 g/mol. The van der Waals surface area contributed by atoms with Crippen molar-refractivity contribution >= 4 is 34.1 Å². The van der Waals surface area contributed by atoms with E-state index in [1.807, 2.05) is 31.2 Å². The average molecular weight is 394 g/mol. The number of ether oxygens (including phenoxy) is 1. The Morgan fingerprint density at radius 2 is 1.92 bits per heavy atom. The summed E-state index contributed by atoms with van der Waals surface area (Å²) in [6.45, 7) is 10.5. The zero-order valence-corrected chi connectivity index (χ0v) is 17.7. The van der Waals surface area contributed by atoms with E-state index in [2.05, 4.69) is 43.2 Å². The molecule has 1 aromatic heterocycles. The van der Waals surface area contributed by atoms with Gasteiger partial charge in [0.05, 0.1) is 0 Å². The van der Waals surface area contributed by atoms with Gasteiger partial charge in [0.15, 0.2) is 10.4 Å². The highest BCUT2D eigenvalue weighted by molar-refractivity contribution is 8.01. The van der Waals surface area contributed by atoms with Gasteiger partial charge < -0.3 is 4.74 Å². The van der Waals surface area contributed by atoms with Crippen molar-refractivity contribution in [2.75, 3.05) is 11.1 Å². The molecule has 0 radical (unpaired) electrons. The first-order chi connectivity index (χ1) is 12.3. The number of hydrogen-bond acceptors (Lipinski definition) is 6. The number of carbonyl (C=O) groups excluding carboxylic acids is 1. The largest absolute Gasteiger partial charge is 0.481 e. The lowest BCUT2D eigenvalue weighted by atomic mass is 9.87. The Morgan fingerprint density at radius 1 is 1.23 bits per heavy atom. The fourth-order valence-electron chi connectivity index (χ4n) is 2.21. The van der Waals surface area contributed by atoms with Crippen molar-refractivity contribution in [1.29, 1.82) is 0 Å². The van der Waals surface area contributed by atoms with Crippen LogP contribution in [0.5, 0.6) is 5.75 Å². The van der Waals surface area contributed by atoms with Crippen molar-refractivity contribution in [2.45, 2.75) is 63.3 Å². The van der Waals surface area contributed by atoms with Crippen molar-refractivity contribution in [2.24, 2.45) is 0 Å². The van der Waals surface area contributed by atoms with E-state index in [9.17, 15) is 4.79 Å². The summed E-state index contributed by atoms with van der Waals surface area (Å²) in [7, 11) is 0. The molecule has 0 bridgehead atoms. The zero-order chi connectivity index (χ0) is 19.2. The highest BCUT2D eigenvalue weighted by Gasteiger charge is 2.21. The van der Waals surface area contributed by atoms with Gasteiger partial charge in [-0.3, -0.25) is 10.1 Å². The highest BCUT2D eigenvalue weighted by Crippen LogP contribution is 2.27. The number of rotatable bonds is 8. The van der Waals surface area contributed by atoms with Crippen LogP contribution in [0.15, 0.2) is 28.6 Å². The van der Waals surface area contributed by atoms with Crippen LogP contribution in [0, 0.1) is 0 Å². The predicted molar refractivity (Wildman–Crippen MR) is 109 cm³/mol. The number of aromatic nitrogens is 2. The fourth-order valence-corrected chi connectivity index (χ4v) is 3.89. The number of benzene rings is 1. The molecule has 0 aliphatic rings. The van der Waals surface area contributed by atoms with Gasteiger partial charge in [0.25, 0.3) is 5.91 Å². The first-order valence-electron chi connectivity index (χ1n) is 8.87. The minimum atomic E-state index is -0.564. The summed E-state index contributed by atoms with van der Waals surface area (Å²) in [6.07, 6.45) is 1.08. The summed E-state index contributed by atoms with van der Waals surface area (Å²) in [5, 5.41) is 11.4. The number of hydrogen-bond donors (Lipinski definition) is 1. The number of nitrogens with zero attached hydrogens (tertiary/aromatic N) is 2. The number of anilines is 1. The lowest BCUT2D eigenvalue weighted by Crippen LogP contribution is -2.32. The van der Waals surface area contributed by atoms with Crippen LogP contribution in [-0.2, 0) is 10.2 Å². The molecule has 1 N–H and O–H groups in total. The first kappa shape index (κ1) is 20.7. The molecule has 5 nitrogen and oxygen atoms in total. The maximum absolute atomic E-state index is 12.5. The fraction of sp³-hybridized carbons (Fsp3) is 0.526. The molecule has 1 amide bonds. The average Bonchev–Trinajstić information content (AvgIpc) is 3.04. The Kier molecular flexibility index (Phi) is 7.46. The standard InChI is InChI=1S/C19H27N3O2S2/c1-6-12-25-18-22-21-17(26-18)20-16(23)15(7-2)24-14-10-8-13(9-11-14)19(3,4)5/h8-11,15H,6-7,12H2,1-5H3,(H,20,21,23)/t15-/m1/s1. The molecule has 7 heteroatoms. The molecular formula is C19H27N3O2S2. The van der Waals surface area contributed by atoms with E-state index in [-0.39, 0.29) is 11.3 Å². The van der Waals surface area contributed by atoms with E-state index < -0.39 is 6.10 Å². The molecule has 0 saturated heterocycles. The van der Waals surface area contributed by atoms with Crippen LogP contribution in [-0.4, -0.2) is 28.0 Å². The van der Waals surface area contributed by atoms with Crippen LogP contribution in [0.2, 0.25) is 0 Å². The molecule has 26 heavy (non-hydrogen) atoms. The topological polar surface area (TPSA) is 64.1 Å². The van der Waals surface area contributed by atoms with Crippen LogP contribution < -0.4 is 10.1 Å². The van der Waals surface area contributed by atoms with Crippen molar-refractivity contribution < 1.29 is 9.53 Å². The van der Waals surface area contributed by atoms with Gasteiger partial charge in [-0.2, -0.15) is 0 Å². The Hall–Kier alpha value is -1.60. The highest BCUT2D eigenvalue weighted by atomic mass is 32.2. The Morgan fingerprint density at radius 3 is 2.50 bits per heavy atom. The van der Waals surface area contributed by atoms with Gasteiger partial charge in [0.1, 0.15) is 5.75 Å². The molecule has 1 heterocycles. The van der Waals surface area contributed by atoms with Gasteiger partial charge in [-0.1, -0.05) is 69.9 Å². The minimum Gasteiger partial charge on any atom is -0.481 e. The number of carbonyl (C=O) groups is 1. The molecule has 142 valence electrons. The normalized spacial score (nSPS) is 12.7. The van der Waals surface area contributed by atoms with Crippen LogP contribution in [0.1, 0.15) is 53.0 Å². The van der Waals surface area contributed by atoms with Gasteiger partial charge in [-0.05, 0) is 36.0 Å². The molecule has 2 rings (SSSR count). The third-order valence-corrected chi connectivity index (χ3v) is 5.91. The van der Waals surface area contributed by atoms with E-state index in [1.165, 1.54) is 16.9 Å². The second-order valence-corrected chi connectivity index (χ2v) is 9.32. The van der Waals surface area contributed by atoms with Gasteiger partial charge in [-0.25, -0.2) is 0 Å². The van der Waals surface area contributed by atoms with E-state index in [0.717, 1.165) is 16.5 Å². The van der Waals surface area contributed by atoms with Gasteiger partial charge in [0.2, 0.25) is 5.13 Å². The van der Waals surface area contributed by atoms with E-state index in [4.69, 9.17) is 4.74 Å². The SMILES string of the molecule is CCCSc1nnc(NC(=O)[C@@H](CC)Oc2ccc(C(C)(C)C)cc2)s1. The quantitative estimate of drug-likeness (QED) is 0.497. The van der Waals surface area contributed by atoms with E-state index in [1.54, 1.807) is 11.8 Å². The third-order valence-electron chi connectivity index (χ3n) is 3.73. The van der Waals surface area contributed by atoms with Gasteiger partial charge in [0, 0.05) is 5.75 Å².